The monoisotopic (exact) mass is 1130 g/mol. The van der Waals surface area contributed by atoms with Gasteiger partial charge in [0.1, 0.15) is 36.3 Å². The summed E-state index contributed by atoms with van der Waals surface area (Å²) in [6.45, 7) is -0.309. The van der Waals surface area contributed by atoms with E-state index in [0.717, 1.165) is 6.92 Å². The SMILES string of the molecule is CC(=O)O[C@H]1[C@@H](OC(=O)c2ccccc2)[C@H](OC(=O)c2ccccc2)[C@@H](COC(=O)c2ccccc2)O[C@@H]1S[C@@H]1O[C@H](COC(=O)c2ccccc2)[C@@H](OC(=O)c2ccccc2)[C@H](OC(=O)c2ccccc2)[C@H]1OC(=O)c1ccccc1. The maximum absolute atomic E-state index is 14.5. The van der Waals surface area contributed by atoms with Gasteiger partial charge in [-0.2, -0.15) is 0 Å². The minimum absolute atomic E-state index is 0.0269. The van der Waals surface area contributed by atoms with E-state index in [2.05, 4.69) is 0 Å². The van der Waals surface area contributed by atoms with Crippen molar-refractivity contribution in [2.24, 2.45) is 0 Å². The maximum Gasteiger partial charge on any atom is 0.338 e. The summed E-state index contributed by atoms with van der Waals surface area (Å²) in [4.78, 5) is 113. The molecule has 7 aromatic carbocycles. The lowest BCUT2D eigenvalue weighted by molar-refractivity contribution is -0.222. The zero-order valence-electron chi connectivity index (χ0n) is 43.7. The number of ether oxygens (including phenoxy) is 10. The van der Waals surface area contributed by atoms with Crippen molar-refractivity contribution in [3.63, 3.8) is 0 Å². The van der Waals surface area contributed by atoms with Crippen molar-refractivity contribution in [3.05, 3.63) is 251 Å². The first-order chi connectivity index (χ1) is 39.9. The number of thioether (sulfide) groups is 1. The van der Waals surface area contributed by atoms with E-state index in [1.807, 2.05) is 0 Å². The number of benzene rings is 7. The Morgan fingerprint density at radius 1 is 0.305 bits per heavy atom. The number of carbonyl (C=O) groups is 8. The number of hydrogen-bond acceptors (Lipinski definition) is 19. The molecule has 9 rings (SSSR count). The Hall–Kier alpha value is -9.43. The highest BCUT2D eigenvalue weighted by atomic mass is 32.2. The lowest BCUT2D eigenvalue weighted by Crippen LogP contribution is -2.64. The third-order valence-electron chi connectivity index (χ3n) is 12.8. The zero-order chi connectivity index (χ0) is 57.4. The Balaban J connectivity index is 1.18. The summed E-state index contributed by atoms with van der Waals surface area (Å²) in [6, 6.07) is 54.8. The minimum atomic E-state index is -1.83. The van der Waals surface area contributed by atoms with E-state index < -0.39 is 121 Å². The third-order valence-corrected chi connectivity index (χ3v) is 14.1. The van der Waals surface area contributed by atoms with Crippen molar-refractivity contribution in [2.75, 3.05) is 13.2 Å². The molecule has 82 heavy (non-hydrogen) atoms. The van der Waals surface area contributed by atoms with Gasteiger partial charge in [-0.3, -0.25) is 4.79 Å². The lowest BCUT2D eigenvalue weighted by Gasteiger charge is -2.48. The van der Waals surface area contributed by atoms with Gasteiger partial charge in [-0.25, -0.2) is 33.6 Å². The Labute approximate surface area is 474 Å². The van der Waals surface area contributed by atoms with Crippen molar-refractivity contribution < 1.29 is 85.7 Å². The third kappa shape index (κ3) is 14.7. The highest BCUT2D eigenvalue weighted by Gasteiger charge is 2.58. The van der Waals surface area contributed by atoms with Gasteiger partial charge < -0.3 is 47.4 Å². The summed E-state index contributed by atoms with van der Waals surface area (Å²) in [5.41, 5.74) is -2.84. The van der Waals surface area contributed by atoms with E-state index in [4.69, 9.17) is 47.4 Å². The molecular formula is C63H52O18S. The lowest BCUT2D eigenvalue weighted by atomic mass is 9.98. The molecule has 0 spiro atoms. The predicted octanol–water partition coefficient (Wildman–Crippen LogP) is 8.94. The van der Waals surface area contributed by atoms with E-state index in [1.165, 1.54) is 84.9 Å². The summed E-state index contributed by atoms with van der Waals surface area (Å²) < 4.78 is 62.6. The van der Waals surface area contributed by atoms with Crippen LogP contribution in [0.4, 0.5) is 0 Å². The van der Waals surface area contributed by atoms with Gasteiger partial charge >= 0.3 is 47.8 Å². The molecule has 2 heterocycles. The molecule has 2 saturated heterocycles. The molecule has 0 unspecified atom stereocenters. The van der Waals surface area contributed by atoms with Gasteiger partial charge in [0.2, 0.25) is 0 Å². The Bertz CT molecular complexity index is 3300. The van der Waals surface area contributed by atoms with Crippen LogP contribution in [0.3, 0.4) is 0 Å². The van der Waals surface area contributed by atoms with Crippen LogP contribution >= 0.6 is 11.8 Å². The number of hydrogen-bond donors (Lipinski definition) is 0. The van der Waals surface area contributed by atoms with Gasteiger partial charge in [0.05, 0.1) is 38.9 Å². The molecule has 0 saturated carbocycles. The molecule has 0 N–H and O–H groups in total. The highest BCUT2D eigenvalue weighted by Crippen LogP contribution is 2.43. The topological polar surface area (TPSA) is 229 Å². The second-order valence-electron chi connectivity index (χ2n) is 18.4. The molecule has 418 valence electrons. The van der Waals surface area contributed by atoms with Gasteiger partial charge in [0.15, 0.2) is 36.6 Å². The fourth-order valence-electron chi connectivity index (χ4n) is 8.83. The summed E-state index contributed by atoms with van der Waals surface area (Å²) in [6.07, 6.45) is -13.8. The highest BCUT2D eigenvalue weighted by molar-refractivity contribution is 8.00. The van der Waals surface area contributed by atoms with Crippen LogP contribution in [0.1, 0.15) is 79.4 Å². The van der Waals surface area contributed by atoms with Crippen molar-refractivity contribution >= 4 is 59.5 Å². The van der Waals surface area contributed by atoms with Gasteiger partial charge in [0.25, 0.3) is 0 Å². The second-order valence-corrected chi connectivity index (χ2v) is 19.6. The minimum Gasteiger partial charge on any atom is -0.459 e. The first-order valence-corrected chi connectivity index (χ1v) is 26.7. The average molecular weight is 1130 g/mol. The zero-order valence-corrected chi connectivity index (χ0v) is 44.5. The molecule has 10 atom stereocenters. The molecule has 2 aliphatic rings. The number of esters is 8. The van der Waals surface area contributed by atoms with E-state index >= 15 is 0 Å². The predicted molar refractivity (Wildman–Crippen MR) is 292 cm³/mol. The fraction of sp³-hybridized carbons (Fsp3) is 0.206. The molecule has 0 aromatic heterocycles. The largest absolute Gasteiger partial charge is 0.459 e. The smallest absolute Gasteiger partial charge is 0.338 e. The molecule has 2 fully saturated rings. The van der Waals surface area contributed by atoms with Crippen LogP contribution < -0.4 is 0 Å². The maximum atomic E-state index is 14.5. The number of rotatable bonds is 19. The van der Waals surface area contributed by atoms with Crippen molar-refractivity contribution in [3.8, 4) is 0 Å². The Kier molecular flexibility index (Phi) is 19.3. The van der Waals surface area contributed by atoms with Crippen LogP contribution in [0.25, 0.3) is 0 Å². The molecule has 0 bridgehead atoms. The van der Waals surface area contributed by atoms with E-state index in [1.54, 1.807) is 127 Å². The molecule has 18 nitrogen and oxygen atoms in total. The standard InChI is InChI=1S/C63H52O18S/c1-39(64)74-53-51(79-59(69)44-31-17-6-18-32-44)49(77-57(67)42-27-13-4-14-28-42)47(37-72-55(65)40-23-9-2-10-24-40)75-62(53)82-63-54(81-61(71)46-35-21-8-22-36-46)52(80-60(70)45-33-19-7-20-34-45)50(78-58(68)43-29-15-5-16-30-43)48(76-63)38-73-56(66)41-25-11-3-12-26-41/h2-36,47-54,62-63H,37-38H2,1H3/t47-,48-,49-,50-,51+,52+,53+,54-,62-,63+/m1/s1. The molecule has 7 aromatic rings. The average Bonchev–Trinajstić information content (AvgIpc) is 3.46. The van der Waals surface area contributed by atoms with Gasteiger partial charge in [-0.05, 0) is 84.9 Å². The number of carbonyl (C=O) groups excluding carboxylic acids is 8. The normalized spacial score (nSPS) is 21.9. The van der Waals surface area contributed by atoms with Crippen LogP contribution in [0.2, 0.25) is 0 Å². The Morgan fingerprint density at radius 2 is 0.524 bits per heavy atom. The van der Waals surface area contributed by atoms with Gasteiger partial charge in [-0.15, -0.1) is 0 Å². The summed E-state index contributed by atoms with van der Waals surface area (Å²) in [5.74, 6) is -7.37. The van der Waals surface area contributed by atoms with E-state index in [9.17, 15) is 38.4 Å². The first-order valence-electron chi connectivity index (χ1n) is 25.8. The van der Waals surface area contributed by atoms with Crippen LogP contribution in [0.15, 0.2) is 212 Å². The van der Waals surface area contributed by atoms with Crippen molar-refractivity contribution in [1.82, 2.24) is 0 Å². The fourth-order valence-corrected chi connectivity index (χ4v) is 10.2. The first kappa shape index (κ1) is 57.3. The quantitative estimate of drug-likeness (QED) is 0.0543. The molecule has 2 aliphatic heterocycles. The molecule has 0 amide bonds. The summed E-state index contributed by atoms with van der Waals surface area (Å²) >= 11 is 0.650. The molecular weight excluding hydrogens is 1080 g/mol. The van der Waals surface area contributed by atoms with Crippen LogP contribution in [-0.2, 0) is 52.2 Å². The van der Waals surface area contributed by atoms with Crippen molar-refractivity contribution in [2.45, 2.75) is 66.6 Å². The van der Waals surface area contributed by atoms with E-state index in [-0.39, 0.29) is 38.9 Å². The van der Waals surface area contributed by atoms with Gasteiger partial charge in [0, 0.05) is 6.92 Å². The molecule has 0 radical (unpaired) electrons. The summed E-state index contributed by atoms with van der Waals surface area (Å²) in [7, 11) is 0. The van der Waals surface area contributed by atoms with Crippen LogP contribution in [0, 0.1) is 0 Å². The molecule has 19 heteroatoms. The van der Waals surface area contributed by atoms with Crippen LogP contribution in [-0.4, -0.2) is 121 Å². The van der Waals surface area contributed by atoms with Crippen molar-refractivity contribution in [1.29, 1.82) is 0 Å². The summed E-state index contributed by atoms with van der Waals surface area (Å²) in [5, 5.41) is 0. The molecule has 0 aliphatic carbocycles. The second kappa shape index (κ2) is 27.6. The Morgan fingerprint density at radius 3 is 0.780 bits per heavy atom. The van der Waals surface area contributed by atoms with Crippen LogP contribution in [0.5, 0.6) is 0 Å². The van der Waals surface area contributed by atoms with E-state index in [0.29, 0.717) is 11.8 Å². The van der Waals surface area contributed by atoms with Gasteiger partial charge in [-0.1, -0.05) is 139 Å².